The van der Waals surface area contributed by atoms with Gasteiger partial charge in [-0.2, -0.15) is 0 Å². The van der Waals surface area contributed by atoms with Crippen LogP contribution in [0.2, 0.25) is 5.02 Å². The van der Waals surface area contributed by atoms with Crippen LogP contribution in [0.25, 0.3) is 0 Å². The summed E-state index contributed by atoms with van der Waals surface area (Å²) in [6.45, 7) is 2.98. The Bertz CT molecular complexity index is 505. The molecule has 1 atom stereocenters. The number of hydrogen-bond acceptors (Lipinski definition) is 3. The van der Waals surface area contributed by atoms with Crippen molar-refractivity contribution in [2.75, 3.05) is 18.0 Å². The molecular weight excluding hydrogens is 266 g/mol. The fourth-order valence-corrected chi connectivity index (χ4v) is 2.50. The fourth-order valence-electron chi connectivity index (χ4n) is 2.19. The summed E-state index contributed by atoms with van der Waals surface area (Å²) in [7, 11) is 0. The lowest BCUT2D eigenvalue weighted by Crippen LogP contribution is -2.33. The first-order chi connectivity index (χ1) is 8.99. The molecule has 1 unspecified atom stereocenters. The summed E-state index contributed by atoms with van der Waals surface area (Å²) in [5.74, 6) is -1.16. The van der Waals surface area contributed by atoms with Crippen molar-refractivity contribution in [2.45, 2.75) is 25.7 Å². The van der Waals surface area contributed by atoms with E-state index in [1.807, 2.05) is 6.07 Å². The normalized spacial score (nSPS) is 17.4. The Morgan fingerprint density at radius 2 is 2.00 bits per heavy atom. The molecule has 0 aromatic heterocycles. The first kappa shape index (κ1) is 13.9. The number of benzene rings is 1. The molecule has 1 fully saturated rings. The van der Waals surface area contributed by atoms with E-state index in [0.29, 0.717) is 36.5 Å². The summed E-state index contributed by atoms with van der Waals surface area (Å²) in [4.78, 5) is 24.2. The van der Waals surface area contributed by atoms with Gasteiger partial charge in [0.25, 0.3) is 0 Å². The van der Waals surface area contributed by atoms with Gasteiger partial charge in [-0.25, -0.2) is 0 Å². The molecule has 1 aromatic rings. The Labute approximate surface area is 117 Å². The second-order valence-electron chi connectivity index (χ2n) is 4.80. The average molecular weight is 282 g/mol. The molecule has 0 amide bonds. The van der Waals surface area contributed by atoms with Crippen LogP contribution in [0.15, 0.2) is 18.2 Å². The predicted molar refractivity (Wildman–Crippen MR) is 74.0 cm³/mol. The van der Waals surface area contributed by atoms with Gasteiger partial charge in [0.15, 0.2) is 0 Å². The number of carboxylic acids is 1. The summed E-state index contributed by atoms with van der Waals surface area (Å²) in [6.07, 6.45) is 1.09. The van der Waals surface area contributed by atoms with Crippen LogP contribution in [0, 0.1) is 0 Å². The van der Waals surface area contributed by atoms with Gasteiger partial charge in [-0.3, -0.25) is 9.59 Å². The number of anilines is 1. The lowest BCUT2D eigenvalue weighted by molar-refractivity contribution is -0.138. The Morgan fingerprint density at radius 1 is 1.37 bits per heavy atom. The molecule has 102 valence electrons. The summed E-state index contributed by atoms with van der Waals surface area (Å²) < 4.78 is 0. The minimum absolute atomic E-state index is 0.281. The van der Waals surface area contributed by atoms with Crippen molar-refractivity contribution in [2.24, 2.45) is 0 Å². The topological polar surface area (TPSA) is 57.6 Å². The number of carbonyl (C=O) groups is 2. The van der Waals surface area contributed by atoms with E-state index < -0.39 is 11.9 Å². The molecule has 4 nitrogen and oxygen atoms in total. The zero-order valence-corrected chi connectivity index (χ0v) is 11.5. The third kappa shape index (κ3) is 3.07. The first-order valence-electron chi connectivity index (χ1n) is 6.28. The van der Waals surface area contributed by atoms with E-state index in [9.17, 15) is 9.59 Å². The Hall–Kier alpha value is -1.55. The second-order valence-corrected chi connectivity index (χ2v) is 5.20. The highest BCUT2D eigenvalue weighted by molar-refractivity contribution is 6.33. The minimum Gasteiger partial charge on any atom is -0.481 e. The molecule has 1 N–H and O–H groups in total. The monoisotopic (exact) mass is 281 g/mol. The second kappa shape index (κ2) is 5.61. The number of Topliss-reactive ketones (excluding diaryl/α,β-unsaturated/α-hetero) is 1. The van der Waals surface area contributed by atoms with Gasteiger partial charge in [-0.15, -0.1) is 0 Å². The van der Waals surface area contributed by atoms with Gasteiger partial charge in [-0.1, -0.05) is 17.7 Å². The van der Waals surface area contributed by atoms with Crippen molar-refractivity contribution in [3.05, 3.63) is 28.8 Å². The largest absolute Gasteiger partial charge is 0.481 e. The molecular formula is C14H16ClNO3. The average Bonchev–Trinajstić information content (AvgIpc) is 2.39. The van der Waals surface area contributed by atoms with Crippen molar-refractivity contribution < 1.29 is 14.7 Å². The summed E-state index contributed by atoms with van der Waals surface area (Å²) in [5, 5.41) is 9.52. The first-order valence-corrected chi connectivity index (χ1v) is 6.65. The highest BCUT2D eigenvalue weighted by Gasteiger charge is 2.20. The number of aliphatic carboxylic acids is 1. The van der Waals surface area contributed by atoms with Crippen molar-refractivity contribution in [3.63, 3.8) is 0 Å². The highest BCUT2D eigenvalue weighted by atomic mass is 35.5. The summed E-state index contributed by atoms with van der Waals surface area (Å²) in [5.41, 5.74) is 1.56. The van der Waals surface area contributed by atoms with E-state index in [0.717, 1.165) is 5.69 Å². The number of carbonyl (C=O) groups excluding carboxylic acids is 1. The fraction of sp³-hybridized carbons (Fsp3) is 0.429. The maximum absolute atomic E-state index is 11.2. The van der Waals surface area contributed by atoms with Gasteiger partial charge in [0, 0.05) is 25.9 Å². The molecule has 5 heteroatoms. The Morgan fingerprint density at radius 3 is 2.53 bits per heavy atom. The number of nitrogens with zero attached hydrogens (tertiary/aromatic N) is 1. The van der Waals surface area contributed by atoms with Crippen LogP contribution < -0.4 is 4.90 Å². The van der Waals surface area contributed by atoms with Crippen LogP contribution in [0.5, 0.6) is 0 Å². The van der Waals surface area contributed by atoms with Crippen LogP contribution in [-0.4, -0.2) is 29.9 Å². The SMILES string of the molecule is CC(C(=O)O)c1ccc(N2CCC(=O)CC2)c(Cl)c1. The number of ketones is 1. The van der Waals surface area contributed by atoms with Gasteiger partial charge in [0.05, 0.1) is 16.6 Å². The van der Waals surface area contributed by atoms with E-state index >= 15 is 0 Å². The van der Waals surface area contributed by atoms with Crippen molar-refractivity contribution in [1.29, 1.82) is 0 Å². The standard InChI is InChI=1S/C14H16ClNO3/c1-9(14(18)19)10-2-3-13(12(15)8-10)16-6-4-11(17)5-7-16/h2-3,8-9H,4-7H2,1H3,(H,18,19). The van der Waals surface area contributed by atoms with Crippen molar-refractivity contribution in [1.82, 2.24) is 0 Å². The van der Waals surface area contributed by atoms with Crippen LogP contribution in [0.3, 0.4) is 0 Å². The van der Waals surface area contributed by atoms with Crippen LogP contribution in [0.1, 0.15) is 31.2 Å². The lowest BCUT2D eigenvalue weighted by Gasteiger charge is -2.29. The van der Waals surface area contributed by atoms with Crippen molar-refractivity contribution >= 4 is 29.0 Å². The van der Waals surface area contributed by atoms with Crippen molar-refractivity contribution in [3.8, 4) is 0 Å². The zero-order chi connectivity index (χ0) is 14.0. The predicted octanol–water partition coefficient (Wildman–Crippen LogP) is 2.70. The van der Waals surface area contributed by atoms with Crippen LogP contribution in [0.4, 0.5) is 5.69 Å². The molecule has 1 aromatic carbocycles. The quantitative estimate of drug-likeness (QED) is 0.925. The number of hydrogen-bond donors (Lipinski definition) is 1. The van der Waals surface area contributed by atoms with E-state index in [1.165, 1.54) is 0 Å². The molecule has 0 spiro atoms. The smallest absolute Gasteiger partial charge is 0.310 e. The van der Waals surface area contributed by atoms with Gasteiger partial charge >= 0.3 is 5.97 Å². The van der Waals surface area contributed by atoms with Crippen LogP contribution in [-0.2, 0) is 9.59 Å². The number of piperidine rings is 1. The van der Waals surface area contributed by atoms with E-state index in [2.05, 4.69) is 4.90 Å². The van der Waals surface area contributed by atoms with Gasteiger partial charge in [0.2, 0.25) is 0 Å². The molecule has 1 heterocycles. The van der Waals surface area contributed by atoms with Gasteiger partial charge in [-0.05, 0) is 24.6 Å². The molecule has 1 aliphatic rings. The number of rotatable bonds is 3. The molecule has 1 saturated heterocycles. The maximum atomic E-state index is 11.2. The number of halogens is 1. The third-order valence-electron chi connectivity index (χ3n) is 3.50. The summed E-state index contributed by atoms with van der Waals surface area (Å²) >= 11 is 6.23. The molecule has 0 saturated carbocycles. The molecule has 0 radical (unpaired) electrons. The molecule has 0 bridgehead atoms. The van der Waals surface area contributed by atoms with E-state index in [1.54, 1.807) is 19.1 Å². The number of carboxylic acid groups (broad SMARTS) is 1. The summed E-state index contributed by atoms with van der Waals surface area (Å²) in [6, 6.07) is 5.33. The van der Waals surface area contributed by atoms with Gasteiger partial charge < -0.3 is 10.0 Å². The molecule has 2 rings (SSSR count). The molecule has 19 heavy (non-hydrogen) atoms. The molecule has 1 aliphatic heterocycles. The Balaban J connectivity index is 2.20. The van der Waals surface area contributed by atoms with Gasteiger partial charge in [0.1, 0.15) is 5.78 Å². The van der Waals surface area contributed by atoms with Crippen LogP contribution >= 0.6 is 11.6 Å². The third-order valence-corrected chi connectivity index (χ3v) is 3.81. The maximum Gasteiger partial charge on any atom is 0.310 e. The highest BCUT2D eigenvalue weighted by Crippen LogP contribution is 2.31. The van der Waals surface area contributed by atoms with E-state index in [-0.39, 0.29) is 5.78 Å². The Kier molecular flexibility index (Phi) is 4.10. The minimum atomic E-state index is -0.868. The van der Waals surface area contributed by atoms with E-state index in [4.69, 9.17) is 16.7 Å². The molecule has 0 aliphatic carbocycles. The zero-order valence-electron chi connectivity index (χ0n) is 10.7. The lowest BCUT2D eigenvalue weighted by atomic mass is 10.0.